The van der Waals surface area contributed by atoms with Gasteiger partial charge in [-0.15, -0.1) is 12.4 Å². The Bertz CT molecular complexity index is 489. The maximum Gasteiger partial charge on any atom is 0.224 e. The minimum Gasteiger partial charge on any atom is -0.493 e. The van der Waals surface area contributed by atoms with Crippen LogP contribution in [0.3, 0.4) is 0 Å². The number of hydrogen-bond donors (Lipinski definition) is 2. The SMILES string of the molecule is CC(C)COc1ccc(CC(=O)NC(C)(CN)CC(C)C)cc1.Cl. The number of nitrogens with two attached hydrogens (primary N) is 1. The Morgan fingerprint density at radius 1 is 1.17 bits per heavy atom. The molecule has 0 spiro atoms. The van der Waals surface area contributed by atoms with Crippen LogP contribution in [0.1, 0.15) is 46.6 Å². The highest BCUT2D eigenvalue weighted by Crippen LogP contribution is 2.17. The molecule has 1 atom stereocenters. The number of carbonyl (C=O) groups excluding carboxylic acids is 1. The molecular weight excluding hydrogens is 324 g/mol. The molecule has 0 saturated heterocycles. The Kier molecular flexibility index (Phi) is 10.0. The zero-order valence-corrected chi connectivity index (χ0v) is 16.4. The highest BCUT2D eigenvalue weighted by Gasteiger charge is 2.25. The Balaban J connectivity index is 0.00000529. The van der Waals surface area contributed by atoms with Gasteiger partial charge in [-0.25, -0.2) is 0 Å². The third kappa shape index (κ3) is 8.55. The number of rotatable bonds is 9. The van der Waals surface area contributed by atoms with Gasteiger partial charge in [0.2, 0.25) is 5.91 Å². The second kappa shape index (κ2) is 10.6. The number of nitrogens with one attached hydrogen (secondary N) is 1. The van der Waals surface area contributed by atoms with Crippen molar-refractivity contribution in [1.29, 1.82) is 0 Å². The lowest BCUT2D eigenvalue weighted by Gasteiger charge is -2.31. The number of benzene rings is 1. The van der Waals surface area contributed by atoms with Crippen LogP contribution in [0, 0.1) is 11.8 Å². The standard InChI is InChI=1S/C19H32N2O2.ClH/c1-14(2)11-19(5,13-20)21-18(22)10-16-6-8-17(9-7-16)23-12-15(3)4;/h6-9,14-15H,10-13,20H2,1-5H3,(H,21,22);1H. The molecule has 0 bridgehead atoms. The molecule has 1 amide bonds. The van der Waals surface area contributed by atoms with Crippen molar-refractivity contribution in [2.24, 2.45) is 17.6 Å². The van der Waals surface area contributed by atoms with Crippen molar-refractivity contribution in [3.63, 3.8) is 0 Å². The molecule has 1 aromatic carbocycles. The van der Waals surface area contributed by atoms with Gasteiger partial charge in [0.05, 0.1) is 13.0 Å². The monoisotopic (exact) mass is 356 g/mol. The molecule has 0 fully saturated rings. The van der Waals surface area contributed by atoms with Gasteiger partial charge in [0.25, 0.3) is 0 Å². The largest absolute Gasteiger partial charge is 0.493 e. The van der Waals surface area contributed by atoms with E-state index in [0.29, 0.717) is 31.4 Å². The number of carbonyl (C=O) groups is 1. The molecule has 24 heavy (non-hydrogen) atoms. The van der Waals surface area contributed by atoms with Crippen molar-refractivity contribution in [3.05, 3.63) is 29.8 Å². The molecule has 138 valence electrons. The van der Waals surface area contributed by atoms with Crippen molar-refractivity contribution in [3.8, 4) is 5.75 Å². The van der Waals surface area contributed by atoms with Crippen LogP contribution in [0.25, 0.3) is 0 Å². The second-order valence-corrected chi connectivity index (χ2v) is 7.44. The minimum atomic E-state index is -0.342. The van der Waals surface area contributed by atoms with E-state index in [4.69, 9.17) is 10.5 Å². The summed E-state index contributed by atoms with van der Waals surface area (Å²) in [7, 11) is 0. The summed E-state index contributed by atoms with van der Waals surface area (Å²) in [6, 6.07) is 7.72. The molecule has 0 saturated carbocycles. The zero-order valence-electron chi connectivity index (χ0n) is 15.6. The van der Waals surface area contributed by atoms with E-state index in [1.165, 1.54) is 0 Å². The van der Waals surface area contributed by atoms with Crippen molar-refractivity contribution < 1.29 is 9.53 Å². The fraction of sp³-hybridized carbons (Fsp3) is 0.632. The molecule has 0 heterocycles. The summed E-state index contributed by atoms with van der Waals surface area (Å²) in [5, 5.41) is 3.08. The molecule has 5 heteroatoms. The van der Waals surface area contributed by atoms with E-state index in [0.717, 1.165) is 17.7 Å². The first-order valence-corrected chi connectivity index (χ1v) is 8.47. The van der Waals surface area contributed by atoms with Crippen molar-refractivity contribution in [2.45, 2.75) is 53.0 Å². The predicted octanol–water partition coefficient (Wildman–Crippen LogP) is 3.57. The lowest BCUT2D eigenvalue weighted by atomic mass is 9.90. The third-order valence-electron chi connectivity index (χ3n) is 3.62. The van der Waals surface area contributed by atoms with Crippen LogP contribution >= 0.6 is 12.4 Å². The van der Waals surface area contributed by atoms with Crippen molar-refractivity contribution >= 4 is 18.3 Å². The Morgan fingerprint density at radius 3 is 2.21 bits per heavy atom. The van der Waals surface area contributed by atoms with E-state index in [-0.39, 0.29) is 23.9 Å². The molecule has 0 radical (unpaired) electrons. The Hall–Kier alpha value is -1.26. The molecule has 1 unspecified atom stereocenters. The summed E-state index contributed by atoms with van der Waals surface area (Å²) in [6.07, 6.45) is 1.23. The van der Waals surface area contributed by atoms with Gasteiger partial charge in [0.1, 0.15) is 5.75 Å². The topological polar surface area (TPSA) is 64.3 Å². The van der Waals surface area contributed by atoms with Gasteiger partial charge in [-0.1, -0.05) is 39.8 Å². The van der Waals surface area contributed by atoms with E-state index in [1.54, 1.807) is 0 Å². The first kappa shape index (κ1) is 22.7. The molecule has 0 aliphatic carbocycles. The summed E-state index contributed by atoms with van der Waals surface area (Å²) < 4.78 is 5.65. The summed E-state index contributed by atoms with van der Waals surface area (Å²) in [5.41, 5.74) is 6.48. The average molecular weight is 357 g/mol. The van der Waals surface area contributed by atoms with Gasteiger partial charge >= 0.3 is 0 Å². The molecule has 1 rings (SSSR count). The summed E-state index contributed by atoms with van der Waals surface area (Å²) in [5.74, 6) is 1.83. The first-order chi connectivity index (χ1) is 10.7. The second-order valence-electron chi connectivity index (χ2n) is 7.44. The summed E-state index contributed by atoms with van der Waals surface area (Å²) in [4.78, 5) is 12.3. The van der Waals surface area contributed by atoms with Gasteiger partial charge in [-0.2, -0.15) is 0 Å². The third-order valence-corrected chi connectivity index (χ3v) is 3.62. The minimum absolute atomic E-state index is 0. The molecule has 4 nitrogen and oxygen atoms in total. The van der Waals surface area contributed by atoms with Crippen LogP contribution in [0.15, 0.2) is 24.3 Å². The number of halogens is 1. The Labute approximate surface area is 152 Å². The van der Waals surface area contributed by atoms with Crippen LogP contribution in [0.2, 0.25) is 0 Å². The van der Waals surface area contributed by atoms with Gasteiger partial charge in [0, 0.05) is 12.1 Å². The fourth-order valence-corrected chi connectivity index (χ4v) is 2.62. The molecule has 0 aliphatic rings. The maximum atomic E-state index is 12.3. The van der Waals surface area contributed by atoms with E-state index in [1.807, 2.05) is 31.2 Å². The molecule has 0 aromatic heterocycles. The van der Waals surface area contributed by atoms with Crippen LogP contribution in [-0.2, 0) is 11.2 Å². The lowest BCUT2D eigenvalue weighted by Crippen LogP contribution is -2.52. The predicted molar refractivity (Wildman–Crippen MR) is 103 cm³/mol. The quantitative estimate of drug-likeness (QED) is 0.711. The first-order valence-electron chi connectivity index (χ1n) is 8.47. The van der Waals surface area contributed by atoms with Crippen molar-refractivity contribution in [1.82, 2.24) is 5.32 Å². The van der Waals surface area contributed by atoms with Crippen molar-refractivity contribution in [2.75, 3.05) is 13.2 Å². The van der Waals surface area contributed by atoms with E-state index in [2.05, 4.69) is 33.0 Å². The maximum absolute atomic E-state index is 12.3. The number of amides is 1. The van der Waals surface area contributed by atoms with E-state index in [9.17, 15) is 4.79 Å². The van der Waals surface area contributed by atoms with Gasteiger partial charge in [0.15, 0.2) is 0 Å². The van der Waals surface area contributed by atoms with Gasteiger partial charge in [-0.05, 0) is 42.9 Å². The highest BCUT2D eigenvalue weighted by molar-refractivity contribution is 5.85. The Morgan fingerprint density at radius 2 is 1.75 bits per heavy atom. The van der Waals surface area contributed by atoms with Gasteiger partial charge < -0.3 is 15.8 Å². The average Bonchev–Trinajstić information content (AvgIpc) is 2.45. The van der Waals surface area contributed by atoms with E-state index >= 15 is 0 Å². The summed E-state index contributed by atoms with van der Waals surface area (Å²) in [6.45, 7) is 11.6. The van der Waals surface area contributed by atoms with Crippen LogP contribution < -0.4 is 15.8 Å². The molecule has 3 N–H and O–H groups in total. The lowest BCUT2D eigenvalue weighted by molar-refractivity contribution is -0.122. The number of hydrogen-bond acceptors (Lipinski definition) is 3. The van der Waals surface area contributed by atoms with Crippen LogP contribution in [0.5, 0.6) is 5.75 Å². The fourth-order valence-electron chi connectivity index (χ4n) is 2.62. The van der Waals surface area contributed by atoms with E-state index < -0.39 is 0 Å². The van der Waals surface area contributed by atoms with Crippen LogP contribution in [0.4, 0.5) is 0 Å². The van der Waals surface area contributed by atoms with Crippen LogP contribution in [-0.4, -0.2) is 24.6 Å². The molecule has 1 aromatic rings. The zero-order chi connectivity index (χ0) is 17.5. The smallest absolute Gasteiger partial charge is 0.224 e. The molecule has 0 aliphatic heterocycles. The summed E-state index contributed by atoms with van der Waals surface area (Å²) >= 11 is 0. The molecular formula is C19H33ClN2O2. The van der Waals surface area contributed by atoms with Gasteiger partial charge in [-0.3, -0.25) is 4.79 Å². The normalized spacial score (nSPS) is 13.3. The number of ether oxygens (including phenoxy) is 1. The highest BCUT2D eigenvalue weighted by atomic mass is 35.5.